The van der Waals surface area contributed by atoms with E-state index < -0.39 is 0 Å². The Morgan fingerprint density at radius 1 is 1.13 bits per heavy atom. The van der Waals surface area contributed by atoms with Crippen molar-refractivity contribution in [2.24, 2.45) is 17.6 Å². The number of amides is 2. The van der Waals surface area contributed by atoms with Gasteiger partial charge >= 0.3 is 0 Å². The van der Waals surface area contributed by atoms with Gasteiger partial charge in [-0.15, -0.1) is 0 Å². The van der Waals surface area contributed by atoms with E-state index >= 15 is 0 Å². The number of rotatable bonds is 4. The van der Waals surface area contributed by atoms with Gasteiger partial charge in [0.15, 0.2) is 0 Å². The Balaban J connectivity index is 1.63. The molecule has 1 saturated heterocycles. The summed E-state index contributed by atoms with van der Waals surface area (Å²) in [5, 5.41) is 3.32. The van der Waals surface area contributed by atoms with Crippen molar-refractivity contribution < 1.29 is 9.59 Å². The van der Waals surface area contributed by atoms with Gasteiger partial charge < -0.3 is 16.0 Å². The zero-order chi connectivity index (χ0) is 16.4. The van der Waals surface area contributed by atoms with Gasteiger partial charge in [-0.3, -0.25) is 9.59 Å². The number of likely N-dealkylation sites (tertiary alicyclic amines) is 1. The lowest BCUT2D eigenvalue weighted by Crippen LogP contribution is -2.57. The second-order valence-corrected chi connectivity index (χ2v) is 7.71. The minimum Gasteiger partial charge on any atom is -0.351 e. The van der Waals surface area contributed by atoms with E-state index in [2.05, 4.69) is 5.32 Å². The third-order valence-corrected chi connectivity index (χ3v) is 6.03. The highest BCUT2D eigenvalue weighted by atomic mass is 16.2. The van der Waals surface area contributed by atoms with E-state index in [0.717, 1.165) is 38.6 Å². The van der Waals surface area contributed by atoms with E-state index in [-0.39, 0.29) is 23.9 Å². The molecule has 2 aliphatic carbocycles. The van der Waals surface area contributed by atoms with E-state index in [0.29, 0.717) is 24.3 Å². The average Bonchev–Trinajstić information content (AvgIpc) is 2.98. The van der Waals surface area contributed by atoms with Gasteiger partial charge in [-0.1, -0.05) is 13.3 Å². The van der Waals surface area contributed by atoms with Crippen LogP contribution in [0.5, 0.6) is 0 Å². The smallest absolute Gasteiger partial charge is 0.243 e. The van der Waals surface area contributed by atoms with Crippen LogP contribution in [-0.2, 0) is 9.59 Å². The van der Waals surface area contributed by atoms with Gasteiger partial charge in [0.2, 0.25) is 11.8 Å². The van der Waals surface area contributed by atoms with Crippen molar-refractivity contribution in [3.05, 3.63) is 0 Å². The summed E-state index contributed by atoms with van der Waals surface area (Å²) in [5.74, 6) is 1.27. The molecule has 2 amide bonds. The van der Waals surface area contributed by atoms with Crippen molar-refractivity contribution in [3.63, 3.8) is 0 Å². The number of nitrogens with zero attached hydrogens (tertiary/aromatic N) is 1. The molecule has 2 saturated carbocycles. The molecule has 0 radical (unpaired) electrons. The monoisotopic (exact) mass is 321 g/mol. The van der Waals surface area contributed by atoms with Crippen LogP contribution >= 0.6 is 0 Å². The average molecular weight is 321 g/mol. The van der Waals surface area contributed by atoms with Gasteiger partial charge in [-0.25, -0.2) is 0 Å². The quantitative estimate of drug-likeness (QED) is 0.829. The third kappa shape index (κ3) is 3.54. The minimum atomic E-state index is -0.245. The summed E-state index contributed by atoms with van der Waals surface area (Å²) in [4.78, 5) is 26.8. The molecule has 1 aliphatic heterocycles. The first-order valence-corrected chi connectivity index (χ1v) is 9.45. The van der Waals surface area contributed by atoms with E-state index in [1.807, 2.05) is 11.8 Å². The van der Waals surface area contributed by atoms with Crippen molar-refractivity contribution in [1.82, 2.24) is 10.2 Å². The first kappa shape index (κ1) is 16.7. The molecule has 0 spiro atoms. The SMILES string of the molecule is CCCC(=O)N1CCCC1C(=O)NC1C2CCCC1CC(N)C2. The van der Waals surface area contributed by atoms with Crippen LogP contribution in [0.3, 0.4) is 0 Å². The van der Waals surface area contributed by atoms with Crippen molar-refractivity contribution in [1.29, 1.82) is 0 Å². The lowest BCUT2D eigenvalue weighted by molar-refractivity contribution is -0.139. The first-order valence-electron chi connectivity index (χ1n) is 9.45. The molecule has 0 aromatic rings. The van der Waals surface area contributed by atoms with Gasteiger partial charge in [-0.2, -0.15) is 0 Å². The maximum Gasteiger partial charge on any atom is 0.243 e. The number of hydrogen-bond acceptors (Lipinski definition) is 3. The molecule has 3 rings (SSSR count). The highest BCUT2D eigenvalue weighted by Gasteiger charge is 2.42. The van der Waals surface area contributed by atoms with Crippen LogP contribution in [0.25, 0.3) is 0 Å². The molecule has 0 aromatic carbocycles. The van der Waals surface area contributed by atoms with Crippen LogP contribution in [0, 0.1) is 11.8 Å². The minimum absolute atomic E-state index is 0.0734. The van der Waals surface area contributed by atoms with E-state index in [1.165, 1.54) is 19.3 Å². The predicted molar refractivity (Wildman–Crippen MR) is 89.6 cm³/mol. The molecular weight excluding hydrogens is 290 g/mol. The molecule has 130 valence electrons. The molecule has 1 heterocycles. The largest absolute Gasteiger partial charge is 0.351 e. The third-order valence-electron chi connectivity index (χ3n) is 6.03. The molecule has 3 N–H and O–H groups in total. The number of nitrogens with two attached hydrogens (primary N) is 1. The summed E-state index contributed by atoms with van der Waals surface area (Å²) >= 11 is 0. The number of fused-ring (bicyclic) bond motifs is 2. The Morgan fingerprint density at radius 3 is 2.48 bits per heavy atom. The van der Waals surface area contributed by atoms with Crippen LogP contribution in [0.1, 0.15) is 64.7 Å². The molecule has 5 nitrogen and oxygen atoms in total. The standard InChI is InChI=1S/C18H31N3O2/c1-2-5-16(22)21-9-4-8-15(21)18(23)20-17-12-6-3-7-13(17)11-14(19)10-12/h12-15,17H,2-11,19H2,1H3,(H,20,23). The summed E-state index contributed by atoms with van der Waals surface area (Å²) in [5.41, 5.74) is 6.17. The van der Waals surface area contributed by atoms with Crippen LogP contribution in [-0.4, -0.2) is 41.4 Å². The van der Waals surface area contributed by atoms with Crippen LogP contribution < -0.4 is 11.1 Å². The zero-order valence-corrected chi connectivity index (χ0v) is 14.3. The molecule has 2 bridgehead atoms. The lowest BCUT2D eigenvalue weighted by atomic mass is 9.67. The number of hydrogen-bond donors (Lipinski definition) is 2. The summed E-state index contributed by atoms with van der Waals surface area (Å²) < 4.78 is 0. The molecule has 23 heavy (non-hydrogen) atoms. The Hall–Kier alpha value is -1.10. The normalized spacial score (nSPS) is 36.8. The van der Waals surface area contributed by atoms with Crippen molar-refractivity contribution in [2.75, 3.05) is 6.54 Å². The number of nitrogens with one attached hydrogen (secondary N) is 1. The van der Waals surface area contributed by atoms with Crippen LogP contribution in [0.2, 0.25) is 0 Å². The molecule has 3 fully saturated rings. The Kier molecular flexibility index (Phi) is 5.24. The van der Waals surface area contributed by atoms with E-state index in [9.17, 15) is 9.59 Å². The Bertz CT molecular complexity index is 440. The summed E-state index contributed by atoms with van der Waals surface area (Å²) in [6, 6.07) is 0.331. The van der Waals surface area contributed by atoms with E-state index in [1.54, 1.807) is 0 Å². The van der Waals surface area contributed by atoms with Gasteiger partial charge in [0.05, 0.1) is 0 Å². The van der Waals surface area contributed by atoms with Crippen LogP contribution in [0.4, 0.5) is 0 Å². The number of carbonyl (C=O) groups is 2. The van der Waals surface area contributed by atoms with Crippen molar-refractivity contribution in [2.45, 2.75) is 82.8 Å². The molecule has 5 heteroatoms. The van der Waals surface area contributed by atoms with Crippen molar-refractivity contribution in [3.8, 4) is 0 Å². The topological polar surface area (TPSA) is 75.4 Å². The van der Waals surface area contributed by atoms with Crippen LogP contribution in [0.15, 0.2) is 0 Å². The molecule has 3 atom stereocenters. The van der Waals surface area contributed by atoms with Gasteiger partial charge in [0.25, 0.3) is 0 Å². The maximum absolute atomic E-state index is 12.8. The number of carbonyl (C=O) groups excluding carboxylic acids is 2. The van der Waals surface area contributed by atoms with Gasteiger partial charge in [0.1, 0.15) is 6.04 Å². The second-order valence-electron chi connectivity index (χ2n) is 7.71. The molecule has 0 aromatic heterocycles. The molecular formula is C18H31N3O2. The highest BCUT2D eigenvalue weighted by molar-refractivity contribution is 5.88. The van der Waals surface area contributed by atoms with Gasteiger partial charge in [-0.05, 0) is 56.8 Å². The predicted octanol–water partition coefficient (Wildman–Crippen LogP) is 1.80. The summed E-state index contributed by atoms with van der Waals surface area (Å²) in [6.07, 6.45) is 8.82. The Labute approximate surface area is 139 Å². The maximum atomic E-state index is 12.8. The molecule has 3 unspecified atom stereocenters. The summed E-state index contributed by atoms with van der Waals surface area (Å²) in [6.45, 7) is 2.74. The lowest BCUT2D eigenvalue weighted by Gasteiger charge is -2.45. The Morgan fingerprint density at radius 2 is 1.83 bits per heavy atom. The summed E-state index contributed by atoms with van der Waals surface area (Å²) in [7, 11) is 0. The van der Waals surface area contributed by atoms with Gasteiger partial charge in [0, 0.05) is 25.0 Å². The highest BCUT2D eigenvalue weighted by Crippen LogP contribution is 2.39. The second kappa shape index (κ2) is 7.20. The fourth-order valence-corrected chi connectivity index (χ4v) is 4.98. The first-order chi connectivity index (χ1) is 11.1. The fraction of sp³-hybridized carbons (Fsp3) is 0.889. The fourth-order valence-electron chi connectivity index (χ4n) is 4.98. The molecule has 3 aliphatic rings. The van der Waals surface area contributed by atoms with E-state index in [4.69, 9.17) is 5.73 Å². The van der Waals surface area contributed by atoms with Crippen molar-refractivity contribution >= 4 is 11.8 Å². The zero-order valence-electron chi connectivity index (χ0n) is 14.3.